The van der Waals surface area contributed by atoms with Gasteiger partial charge in [-0.3, -0.25) is 9.79 Å². The fourth-order valence-electron chi connectivity index (χ4n) is 9.47. The highest BCUT2D eigenvalue weighted by molar-refractivity contribution is 5.95. The number of aliphatic imine (C=N–C) groups is 3. The summed E-state index contributed by atoms with van der Waals surface area (Å²) in [5.41, 5.74) is 18.8. The molecule has 0 amide bonds. The molecule has 0 bridgehead atoms. The molecule has 0 aromatic heterocycles. The molecule has 13 nitrogen and oxygen atoms in total. The van der Waals surface area contributed by atoms with Crippen molar-refractivity contribution in [2.24, 2.45) is 38.1 Å². The number of hydrogen-bond donors (Lipinski definition) is 4. The van der Waals surface area contributed by atoms with Crippen LogP contribution in [0.5, 0.6) is 0 Å². The number of nitrogens with one attached hydrogen (secondary N) is 1. The van der Waals surface area contributed by atoms with E-state index in [9.17, 15) is 9.59 Å². The van der Waals surface area contributed by atoms with E-state index in [-0.39, 0.29) is 41.9 Å². The molecule has 1 unspecified atom stereocenters. The summed E-state index contributed by atoms with van der Waals surface area (Å²) in [4.78, 5) is 44.8. The second kappa shape index (κ2) is 22.3. The Hall–Kier alpha value is -3.51. The molecular weight excluding hydrogens is 695 g/mol. The van der Waals surface area contributed by atoms with Crippen molar-refractivity contribution in [1.29, 1.82) is 0 Å². The predicted octanol–water partition coefficient (Wildman–Crippen LogP) is 6.00. The molecule has 0 aromatic rings. The third-order valence-corrected chi connectivity index (χ3v) is 12.4. The lowest BCUT2D eigenvalue weighted by molar-refractivity contribution is -0.151. The molecule has 55 heavy (non-hydrogen) atoms. The first-order chi connectivity index (χ1) is 26.8. The van der Waals surface area contributed by atoms with E-state index in [0.29, 0.717) is 49.8 Å². The number of carbonyl (C=O) groups is 2. The summed E-state index contributed by atoms with van der Waals surface area (Å²) in [6.07, 6.45) is 25.3. The molecule has 3 fully saturated rings. The zero-order chi connectivity index (χ0) is 39.0. The normalized spacial score (nSPS) is 25.5. The van der Waals surface area contributed by atoms with Gasteiger partial charge >= 0.3 is 11.9 Å². The number of ether oxygens (including phenoxy) is 2. The molecule has 5 aliphatic heterocycles. The summed E-state index contributed by atoms with van der Waals surface area (Å²) in [5.74, 6) is 1.09. The molecule has 6 atom stereocenters. The van der Waals surface area contributed by atoms with Crippen LogP contribution >= 0.6 is 0 Å². The van der Waals surface area contributed by atoms with Crippen molar-refractivity contribution in [3.8, 4) is 0 Å². The van der Waals surface area contributed by atoms with E-state index >= 15 is 0 Å². The lowest BCUT2D eigenvalue weighted by Gasteiger charge is -2.46. The number of fused-ring (bicyclic) bond motifs is 1. The van der Waals surface area contributed by atoms with Crippen LogP contribution < -0.4 is 22.5 Å². The molecule has 0 saturated carbocycles. The van der Waals surface area contributed by atoms with Crippen molar-refractivity contribution in [1.82, 2.24) is 15.1 Å². The van der Waals surface area contributed by atoms with Gasteiger partial charge in [-0.25, -0.2) is 14.8 Å². The first-order valence-corrected chi connectivity index (χ1v) is 22.1. The summed E-state index contributed by atoms with van der Waals surface area (Å²) < 4.78 is 11.6. The van der Waals surface area contributed by atoms with E-state index in [1.807, 2.05) is 4.90 Å². The second-order valence-electron chi connectivity index (χ2n) is 16.6. The number of carbonyl (C=O) groups excluding carboxylic acids is 2. The van der Waals surface area contributed by atoms with Gasteiger partial charge in [-0.15, -0.1) is 0 Å². The van der Waals surface area contributed by atoms with Crippen LogP contribution in [0.25, 0.3) is 0 Å². The Morgan fingerprint density at radius 2 is 1.53 bits per heavy atom. The summed E-state index contributed by atoms with van der Waals surface area (Å²) in [7, 11) is 0. The van der Waals surface area contributed by atoms with Crippen LogP contribution in [-0.2, 0) is 19.1 Å². The van der Waals surface area contributed by atoms with Crippen molar-refractivity contribution >= 4 is 29.8 Å². The van der Waals surface area contributed by atoms with Gasteiger partial charge in [0.25, 0.3) is 0 Å². The Balaban J connectivity index is 0.945. The van der Waals surface area contributed by atoms with E-state index in [1.54, 1.807) is 0 Å². The monoisotopic (exact) mass is 768 g/mol. The lowest BCUT2D eigenvalue weighted by Crippen LogP contribution is -2.63. The number of rotatable bonds is 25. The van der Waals surface area contributed by atoms with Crippen LogP contribution in [-0.4, -0.2) is 96.1 Å². The number of unbranched alkanes of at least 4 members (excludes halogenated alkanes) is 13. The largest absolute Gasteiger partial charge is 0.465 e. The summed E-state index contributed by atoms with van der Waals surface area (Å²) >= 11 is 0. The number of guanidine groups is 3. The zero-order valence-corrected chi connectivity index (χ0v) is 34.2. The molecule has 0 aromatic carbocycles. The zero-order valence-electron chi connectivity index (χ0n) is 34.2. The van der Waals surface area contributed by atoms with Gasteiger partial charge in [-0.2, -0.15) is 0 Å². The van der Waals surface area contributed by atoms with E-state index in [4.69, 9.17) is 36.7 Å². The smallest absolute Gasteiger partial charge is 0.337 e. The van der Waals surface area contributed by atoms with Gasteiger partial charge in [0.1, 0.15) is 0 Å². The van der Waals surface area contributed by atoms with Crippen LogP contribution in [0.15, 0.2) is 26.2 Å². The highest BCUT2D eigenvalue weighted by Crippen LogP contribution is 2.40. The van der Waals surface area contributed by atoms with Crippen LogP contribution in [0, 0.1) is 5.92 Å². The Bertz CT molecular complexity index is 1360. The highest BCUT2D eigenvalue weighted by Gasteiger charge is 2.51. The standard InChI is InChI=1S/C42H73N9O4/c1-3-4-5-6-8-11-14-20-31-29-32-23-24-35-36(30(2)47-42(48-31)51(32)35)38(52)54-27-17-13-10-7-9-12-15-21-33-37(34-22-19-26-50(34)41(45)49-33)39(53)55-28-18-16-25-46-40(43)44/h30-33,35-36H,3-29H2,1-2H3,(H2,45,49)(H,47,48)(H4,43,44,46)/t30-,31-,32+,33?,35+,36-/m1/s1. The topological polar surface area (TPSA) is 186 Å². The summed E-state index contributed by atoms with van der Waals surface area (Å²) in [5, 5.41) is 3.77. The number of nitrogens with two attached hydrogens (primary N) is 3. The second-order valence-corrected chi connectivity index (χ2v) is 16.6. The molecule has 7 N–H and O–H groups in total. The number of hydrogen-bond acceptors (Lipinski definition) is 11. The molecule has 3 saturated heterocycles. The van der Waals surface area contributed by atoms with Gasteiger partial charge in [0.05, 0.1) is 36.8 Å². The van der Waals surface area contributed by atoms with E-state index in [1.165, 1.54) is 51.4 Å². The first kappa shape index (κ1) is 42.6. The van der Waals surface area contributed by atoms with Crippen LogP contribution in [0.1, 0.15) is 162 Å². The minimum atomic E-state index is -0.278. The fraction of sp³-hybridized carbons (Fsp3) is 0.833. The number of allylic oxidation sites excluding steroid dienone is 1. The van der Waals surface area contributed by atoms with E-state index < -0.39 is 0 Å². The lowest BCUT2D eigenvalue weighted by atomic mass is 9.89. The van der Waals surface area contributed by atoms with Gasteiger partial charge in [-0.1, -0.05) is 90.4 Å². The molecular formula is C42H73N9O4. The summed E-state index contributed by atoms with van der Waals surface area (Å²) in [6, 6.07) is 0.876. The Morgan fingerprint density at radius 1 is 0.855 bits per heavy atom. The molecule has 5 rings (SSSR count). The van der Waals surface area contributed by atoms with Crippen molar-refractivity contribution in [3.63, 3.8) is 0 Å². The number of nitrogens with zero attached hydrogens (tertiary/aromatic N) is 5. The van der Waals surface area contributed by atoms with Crippen molar-refractivity contribution < 1.29 is 19.1 Å². The SMILES string of the molecule is CCCCCCCCC[C@@H]1C[C@@H]2CC[C@H]3[C@H](C(=O)OCCCCCCCCCC4N=C(N)N5CCCC5=C4C(=O)OCCCCN=C(N)N)[C@@H](C)N=C(N1)N23. The average molecular weight is 768 g/mol. The predicted molar refractivity (Wildman–Crippen MR) is 220 cm³/mol. The maximum Gasteiger partial charge on any atom is 0.337 e. The van der Waals surface area contributed by atoms with Gasteiger partial charge < -0.3 is 41.8 Å². The maximum atomic E-state index is 13.4. The third kappa shape index (κ3) is 12.2. The molecule has 0 aliphatic carbocycles. The minimum absolute atomic E-state index is 0.0639. The van der Waals surface area contributed by atoms with E-state index in [0.717, 1.165) is 108 Å². The Kier molecular flexibility index (Phi) is 17.3. The quantitative estimate of drug-likeness (QED) is 0.0372. The van der Waals surface area contributed by atoms with Crippen LogP contribution in [0.3, 0.4) is 0 Å². The maximum absolute atomic E-state index is 13.4. The first-order valence-electron chi connectivity index (χ1n) is 22.1. The third-order valence-electron chi connectivity index (χ3n) is 12.4. The van der Waals surface area contributed by atoms with Crippen molar-refractivity contribution in [3.05, 3.63) is 11.3 Å². The van der Waals surface area contributed by atoms with E-state index in [2.05, 4.69) is 29.1 Å². The molecule has 5 aliphatic rings. The van der Waals surface area contributed by atoms with Gasteiger partial charge in [0.15, 0.2) is 17.9 Å². The molecule has 5 heterocycles. The number of esters is 2. The van der Waals surface area contributed by atoms with Crippen molar-refractivity contribution in [2.45, 2.75) is 192 Å². The van der Waals surface area contributed by atoms with Crippen LogP contribution in [0.2, 0.25) is 0 Å². The highest BCUT2D eigenvalue weighted by atomic mass is 16.5. The molecule has 13 heteroatoms. The van der Waals surface area contributed by atoms with Gasteiger partial charge in [0, 0.05) is 36.9 Å². The average Bonchev–Trinajstić information content (AvgIpc) is 3.82. The van der Waals surface area contributed by atoms with Gasteiger partial charge in [-0.05, 0) is 71.1 Å². The minimum Gasteiger partial charge on any atom is -0.465 e. The Labute approximate surface area is 330 Å². The fourth-order valence-corrected chi connectivity index (χ4v) is 9.47. The Morgan fingerprint density at radius 3 is 2.27 bits per heavy atom. The molecule has 310 valence electrons. The van der Waals surface area contributed by atoms with Gasteiger partial charge in [0.2, 0.25) is 0 Å². The molecule has 0 radical (unpaired) electrons. The van der Waals surface area contributed by atoms with Crippen LogP contribution in [0.4, 0.5) is 0 Å². The summed E-state index contributed by atoms with van der Waals surface area (Å²) in [6.45, 7) is 6.48. The molecule has 0 spiro atoms. The van der Waals surface area contributed by atoms with Crippen molar-refractivity contribution in [2.75, 3.05) is 26.3 Å².